The van der Waals surface area contributed by atoms with Crippen LogP contribution in [0.1, 0.15) is 40.0 Å². The molecule has 4 nitrogen and oxygen atoms in total. The van der Waals surface area contributed by atoms with Crippen molar-refractivity contribution in [2.45, 2.75) is 40.0 Å². The molecule has 4 heteroatoms. The largest absolute Gasteiger partial charge is 0.478 e. The third-order valence-corrected chi connectivity index (χ3v) is 3.55. The van der Waals surface area contributed by atoms with Crippen molar-refractivity contribution in [2.24, 2.45) is 11.8 Å². The molecule has 19 heavy (non-hydrogen) atoms. The van der Waals surface area contributed by atoms with Gasteiger partial charge >= 0.3 is 5.97 Å². The standard InChI is InChI=1S/C15H24N2O2/c1-4-11(14(16)10(2)3)9-17-13-7-5-12(6-8-13)15(18)19/h5,7,10-11,16-17H,4,6,8-9H2,1-3H3,(H,18,19). The van der Waals surface area contributed by atoms with E-state index < -0.39 is 5.97 Å². The van der Waals surface area contributed by atoms with Gasteiger partial charge in [0.2, 0.25) is 0 Å². The van der Waals surface area contributed by atoms with E-state index in [1.807, 2.05) is 19.9 Å². The highest BCUT2D eigenvalue weighted by molar-refractivity contribution is 5.87. The Hall–Kier alpha value is -1.58. The van der Waals surface area contributed by atoms with Crippen molar-refractivity contribution in [3.8, 4) is 0 Å². The zero-order chi connectivity index (χ0) is 14.4. The van der Waals surface area contributed by atoms with Gasteiger partial charge in [-0.25, -0.2) is 4.79 Å². The van der Waals surface area contributed by atoms with Crippen LogP contribution in [0.4, 0.5) is 0 Å². The van der Waals surface area contributed by atoms with Crippen LogP contribution in [0.3, 0.4) is 0 Å². The summed E-state index contributed by atoms with van der Waals surface area (Å²) in [7, 11) is 0. The third kappa shape index (κ3) is 4.54. The summed E-state index contributed by atoms with van der Waals surface area (Å²) in [4.78, 5) is 10.8. The number of carbonyl (C=O) groups is 1. The molecule has 0 amide bonds. The van der Waals surface area contributed by atoms with Crippen LogP contribution in [-0.4, -0.2) is 23.3 Å². The number of aliphatic carboxylic acids is 1. The van der Waals surface area contributed by atoms with Crippen molar-refractivity contribution in [2.75, 3.05) is 6.54 Å². The molecular formula is C15H24N2O2. The highest BCUT2D eigenvalue weighted by Gasteiger charge is 2.17. The lowest BCUT2D eigenvalue weighted by Gasteiger charge is -2.22. The minimum Gasteiger partial charge on any atom is -0.478 e. The maximum Gasteiger partial charge on any atom is 0.331 e. The van der Waals surface area contributed by atoms with Crippen LogP contribution in [0.2, 0.25) is 0 Å². The van der Waals surface area contributed by atoms with Gasteiger partial charge in [-0.1, -0.05) is 26.8 Å². The molecule has 1 aliphatic carbocycles. The first-order chi connectivity index (χ1) is 8.95. The number of hydrogen-bond donors (Lipinski definition) is 3. The fourth-order valence-electron chi connectivity index (χ4n) is 2.16. The number of rotatable bonds is 7. The number of allylic oxidation sites excluding steroid dienone is 3. The van der Waals surface area contributed by atoms with Crippen LogP contribution in [0.5, 0.6) is 0 Å². The maximum atomic E-state index is 10.8. The Balaban J connectivity index is 2.53. The molecule has 0 aromatic heterocycles. The molecule has 1 atom stereocenters. The van der Waals surface area contributed by atoms with Crippen LogP contribution in [0.15, 0.2) is 23.4 Å². The molecule has 0 saturated heterocycles. The normalized spacial score (nSPS) is 16.6. The molecule has 0 radical (unpaired) electrons. The monoisotopic (exact) mass is 264 g/mol. The highest BCUT2D eigenvalue weighted by Crippen LogP contribution is 2.18. The van der Waals surface area contributed by atoms with Gasteiger partial charge in [-0.15, -0.1) is 0 Å². The molecule has 0 bridgehead atoms. The van der Waals surface area contributed by atoms with Crippen molar-refractivity contribution in [1.82, 2.24) is 5.32 Å². The van der Waals surface area contributed by atoms with Crippen molar-refractivity contribution < 1.29 is 9.90 Å². The fourth-order valence-corrected chi connectivity index (χ4v) is 2.16. The number of hydrogen-bond acceptors (Lipinski definition) is 3. The van der Waals surface area contributed by atoms with Crippen LogP contribution >= 0.6 is 0 Å². The van der Waals surface area contributed by atoms with E-state index in [1.54, 1.807) is 6.08 Å². The zero-order valence-electron chi connectivity index (χ0n) is 12.0. The molecular weight excluding hydrogens is 240 g/mol. The van der Waals surface area contributed by atoms with Crippen LogP contribution in [-0.2, 0) is 4.79 Å². The Morgan fingerprint density at radius 3 is 2.53 bits per heavy atom. The topological polar surface area (TPSA) is 73.2 Å². The van der Waals surface area contributed by atoms with Gasteiger partial charge in [-0.05, 0) is 31.3 Å². The van der Waals surface area contributed by atoms with E-state index in [4.69, 9.17) is 10.5 Å². The van der Waals surface area contributed by atoms with Gasteiger partial charge in [0.25, 0.3) is 0 Å². The molecule has 0 saturated carbocycles. The summed E-state index contributed by atoms with van der Waals surface area (Å²) >= 11 is 0. The summed E-state index contributed by atoms with van der Waals surface area (Å²) < 4.78 is 0. The first-order valence-electron chi connectivity index (χ1n) is 6.90. The van der Waals surface area contributed by atoms with E-state index >= 15 is 0 Å². The highest BCUT2D eigenvalue weighted by atomic mass is 16.4. The van der Waals surface area contributed by atoms with Crippen molar-refractivity contribution >= 4 is 11.7 Å². The molecule has 0 heterocycles. The summed E-state index contributed by atoms with van der Waals surface area (Å²) in [5, 5.41) is 20.3. The lowest BCUT2D eigenvalue weighted by atomic mass is 9.92. The number of carboxylic acids is 1. The number of carboxylic acid groups (broad SMARTS) is 1. The van der Waals surface area contributed by atoms with Crippen molar-refractivity contribution in [3.05, 3.63) is 23.4 Å². The maximum absolute atomic E-state index is 10.8. The van der Waals surface area contributed by atoms with Crippen LogP contribution < -0.4 is 5.32 Å². The molecule has 1 unspecified atom stereocenters. The Morgan fingerprint density at radius 2 is 2.11 bits per heavy atom. The summed E-state index contributed by atoms with van der Waals surface area (Å²) in [5.74, 6) is -0.292. The average Bonchev–Trinajstić information content (AvgIpc) is 2.39. The number of nitrogens with one attached hydrogen (secondary N) is 2. The van der Waals surface area contributed by atoms with Gasteiger partial charge in [0.15, 0.2) is 0 Å². The average molecular weight is 264 g/mol. The fraction of sp³-hybridized carbons (Fsp3) is 0.600. The van der Waals surface area contributed by atoms with E-state index in [-0.39, 0.29) is 11.8 Å². The Kier molecular flexibility index (Phi) is 5.80. The van der Waals surface area contributed by atoms with Gasteiger partial charge in [0.1, 0.15) is 0 Å². The third-order valence-electron chi connectivity index (χ3n) is 3.55. The molecule has 106 valence electrons. The molecule has 0 aliphatic heterocycles. The van der Waals surface area contributed by atoms with Gasteiger partial charge in [0.05, 0.1) is 0 Å². The van der Waals surface area contributed by atoms with E-state index in [1.165, 1.54) is 0 Å². The summed E-state index contributed by atoms with van der Waals surface area (Å²) in [6.45, 7) is 6.95. The summed E-state index contributed by atoms with van der Waals surface area (Å²) in [5.41, 5.74) is 2.32. The predicted octanol–water partition coefficient (Wildman–Crippen LogP) is 2.97. The molecule has 1 aliphatic rings. The van der Waals surface area contributed by atoms with Gasteiger partial charge < -0.3 is 15.8 Å². The molecule has 0 aromatic carbocycles. The molecule has 0 spiro atoms. The van der Waals surface area contributed by atoms with Gasteiger partial charge in [-0.3, -0.25) is 0 Å². The van der Waals surface area contributed by atoms with E-state index in [0.717, 1.165) is 30.8 Å². The molecule has 3 N–H and O–H groups in total. The second-order valence-electron chi connectivity index (χ2n) is 5.29. The lowest BCUT2D eigenvalue weighted by Crippen LogP contribution is -2.30. The minimum absolute atomic E-state index is 0.255. The van der Waals surface area contributed by atoms with Crippen LogP contribution in [0.25, 0.3) is 0 Å². The molecule has 0 aromatic rings. The molecule has 1 rings (SSSR count). The van der Waals surface area contributed by atoms with Crippen molar-refractivity contribution in [3.63, 3.8) is 0 Å². The minimum atomic E-state index is -0.830. The Bertz CT molecular complexity index is 408. The smallest absolute Gasteiger partial charge is 0.331 e. The Morgan fingerprint density at radius 1 is 1.42 bits per heavy atom. The SMILES string of the molecule is CCC(CNC1=CC=C(C(=O)O)CC1)C(=N)C(C)C. The van der Waals surface area contributed by atoms with E-state index in [0.29, 0.717) is 12.0 Å². The Labute approximate surface area is 115 Å². The second-order valence-corrected chi connectivity index (χ2v) is 5.29. The van der Waals surface area contributed by atoms with Gasteiger partial charge in [-0.2, -0.15) is 0 Å². The first kappa shape index (κ1) is 15.5. The van der Waals surface area contributed by atoms with Crippen molar-refractivity contribution in [1.29, 1.82) is 5.41 Å². The summed E-state index contributed by atoms with van der Waals surface area (Å²) in [6, 6.07) is 0. The van der Waals surface area contributed by atoms with E-state index in [9.17, 15) is 4.79 Å². The predicted molar refractivity (Wildman–Crippen MR) is 77.4 cm³/mol. The first-order valence-corrected chi connectivity index (χ1v) is 6.90. The lowest BCUT2D eigenvalue weighted by molar-refractivity contribution is -0.132. The molecule has 0 fully saturated rings. The quantitative estimate of drug-likeness (QED) is 0.619. The second kappa shape index (κ2) is 7.12. The van der Waals surface area contributed by atoms with Gasteiger partial charge in [0, 0.05) is 29.4 Å². The zero-order valence-corrected chi connectivity index (χ0v) is 12.0. The summed E-state index contributed by atoms with van der Waals surface area (Å²) in [6.07, 6.45) is 5.78. The van der Waals surface area contributed by atoms with E-state index in [2.05, 4.69) is 12.2 Å². The van der Waals surface area contributed by atoms with Crippen LogP contribution in [0, 0.1) is 17.2 Å².